The number of nitrogens with one attached hydrogen (secondary N) is 1. The van der Waals surface area contributed by atoms with Gasteiger partial charge in [0.15, 0.2) is 0 Å². The highest BCUT2D eigenvalue weighted by Gasteiger charge is 2.17. The van der Waals surface area contributed by atoms with Crippen molar-refractivity contribution >= 4 is 23.6 Å². The highest BCUT2D eigenvalue weighted by Crippen LogP contribution is 2.02. The summed E-state index contributed by atoms with van der Waals surface area (Å²) in [4.78, 5) is 24.2. The third-order valence-corrected chi connectivity index (χ3v) is 2.92. The van der Waals surface area contributed by atoms with Gasteiger partial charge in [0.2, 0.25) is 11.8 Å². The van der Waals surface area contributed by atoms with E-state index in [2.05, 4.69) is 5.32 Å². The van der Waals surface area contributed by atoms with Crippen LogP contribution in [0.5, 0.6) is 0 Å². The van der Waals surface area contributed by atoms with Crippen molar-refractivity contribution < 1.29 is 9.59 Å². The molecule has 3 N–H and O–H groups in total. The van der Waals surface area contributed by atoms with Crippen LogP contribution in [0.3, 0.4) is 0 Å². The largest absolute Gasteiger partial charge is 0.359 e. The number of amides is 2. The van der Waals surface area contributed by atoms with Gasteiger partial charge in [0.05, 0.1) is 6.04 Å². The van der Waals surface area contributed by atoms with E-state index in [-0.39, 0.29) is 11.8 Å². The van der Waals surface area contributed by atoms with Crippen LogP contribution >= 0.6 is 11.8 Å². The van der Waals surface area contributed by atoms with Crippen LogP contribution in [0.15, 0.2) is 0 Å². The molecule has 0 heterocycles. The Kier molecular flexibility index (Phi) is 8.01. The Labute approximate surface area is 101 Å². The van der Waals surface area contributed by atoms with E-state index in [0.29, 0.717) is 19.4 Å². The molecule has 6 heteroatoms. The zero-order valence-corrected chi connectivity index (χ0v) is 11.0. The van der Waals surface area contributed by atoms with E-state index >= 15 is 0 Å². The summed E-state index contributed by atoms with van der Waals surface area (Å²) in [5.41, 5.74) is 5.74. The van der Waals surface area contributed by atoms with Gasteiger partial charge in [0.25, 0.3) is 0 Å². The minimum Gasteiger partial charge on any atom is -0.359 e. The van der Waals surface area contributed by atoms with E-state index in [1.807, 2.05) is 6.26 Å². The van der Waals surface area contributed by atoms with Gasteiger partial charge in [-0.2, -0.15) is 11.8 Å². The molecule has 94 valence electrons. The average Bonchev–Trinajstić information content (AvgIpc) is 2.31. The van der Waals surface area contributed by atoms with Crippen molar-refractivity contribution in [3.05, 3.63) is 0 Å². The smallest absolute Gasteiger partial charge is 0.239 e. The summed E-state index contributed by atoms with van der Waals surface area (Å²) in [5, 5.41) is 2.51. The zero-order chi connectivity index (χ0) is 12.6. The molecular weight excluding hydrogens is 226 g/mol. The second kappa shape index (κ2) is 8.41. The summed E-state index contributed by atoms with van der Waals surface area (Å²) >= 11 is 1.67. The fourth-order valence-corrected chi connectivity index (χ4v) is 1.65. The molecule has 1 atom stereocenters. The van der Waals surface area contributed by atoms with Gasteiger partial charge in [-0.05, 0) is 18.4 Å². The second-order valence-electron chi connectivity index (χ2n) is 3.57. The number of likely N-dealkylation sites (N-methyl/N-ethyl adjacent to an activating group) is 1. The van der Waals surface area contributed by atoms with E-state index in [1.165, 1.54) is 4.90 Å². The highest BCUT2D eigenvalue weighted by atomic mass is 32.2. The first kappa shape index (κ1) is 15.2. The van der Waals surface area contributed by atoms with Gasteiger partial charge in [-0.3, -0.25) is 9.59 Å². The molecule has 0 aromatic carbocycles. The van der Waals surface area contributed by atoms with Crippen molar-refractivity contribution in [1.29, 1.82) is 0 Å². The number of hydrogen-bond acceptors (Lipinski definition) is 4. The van der Waals surface area contributed by atoms with Gasteiger partial charge in [0.1, 0.15) is 0 Å². The van der Waals surface area contributed by atoms with Crippen LogP contribution < -0.4 is 11.1 Å². The van der Waals surface area contributed by atoms with Gasteiger partial charge >= 0.3 is 0 Å². The summed E-state index contributed by atoms with van der Waals surface area (Å²) < 4.78 is 0. The molecule has 0 fully saturated rings. The number of nitrogens with two attached hydrogens (primary N) is 1. The lowest BCUT2D eigenvalue weighted by molar-refractivity contribution is -0.131. The standard InChI is InChI=1S/C10H21N3O2S/c1-12-9(14)4-6-13(2)10(15)8(11)5-7-16-3/h8H,4-7,11H2,1-3H3,(H,12,14)/t8-/m0/s1. The molecule has 0 aliphatic heterocycles. The van der Waals surface area contributed by atoms with Gasteiger partial charge in [0, 0.05) is 27.1 Å². The molecule has 2 amide bonds. The Morgan fingerprint density at radius 2 is 2.12 bits per heavy atom. The molecule has 0 aliphatic carbocycles. The molecule has 0 unspecified atom stereocenters. The number of nitrogens with zero attached hydrogens (tertiary/aromatic N) is 1. The molecule has 0 aromatic rings. The molecule has 0 radical (unpaired) electrons. The van der Waals surface area contributed by atoms with Crippen LogP contribution in [0.4, 0.5) is 0 Å². The second-order valence-corrected chi connectivity index (χ2v) is 4.56. The van der Waals surface area contributed by atoms with Crippen LogP contribution in [0.2, 0.25) is 0 Å². The fraction of sp³-hybridized carbons (Fsp3) is 0.800. The SMILES string of the molecule is CNC(=O)CCN(C)C(=O)[C@@H](N)CCSC. The first-order valence-electron chi connectivity index (χ1n) is 5.23. The van der Waals surface area contributed by atoms with E-state index in [0.717, 1.165) is 5.75 Å². The normalized spacial score (nSPS) is 12.0. The molecule has 0 bridgehead atoms. The predicted octanol–water partition coefficient (Wildman–Crippen LogP) is -0.339. The molecule has 0 saturated carbocycles. The third kappa shape index (κ3) is 5.97. The molecule has 0 spiro atoms. The molecule has 0 saturated heterocycles. The average molecular weight is 247 g/mol. The van der Waals surface area contributed by atoms with Gasteiger partial charge < -0.3 is 16.0 Å². The van der Waals surface area contributed by atoms with Crippen molar-refractivity contribution in [1.82, 2.24) is 10.2 Å². The van der Waals surface area contributed by atoms with Gasteiger partial charge in [-0.25, -0.2) is 0 Å². The summed E-state index contributed by atoms with van der Waals surface area (Å²) in [5.74, 6) is 0.700. The Bertz CT molecular complexity index is 236. The van der Waals surface area contributed by atoms with Gasteiger partial charge in [-0.1, -0.05) is 0 Å². The molecule has 16 heavy (non-hydrogen) atoms. The molecule has 0 aliphatic rings. The predicted molar refractivity (Wildman–Crippen MR) is 67.3 cm³/mol. The van der Waals surface area contributed by atoms with Gasteiger partial charge in [-0.15, -0.1) is 0 Å². The maximum absolute atomic E-state index is 11.7. The zero-order valence-electron chi connectivity index (χ0n) is 10.2. The monoisotopic (exact) mass is 247 g/mol. The Morgan fingerprint density at radius 1 is 1.50 bits per heavy atom. The topological polar surface area (TPSA) is 75.4 Å². The number of hydrogen-bond donors (Lipinski definition) is 2. The van der Waals surface area contributed by atoms with Crippen molar-refractivity contribution in [2.24, 2.45) is 5.73 Å². The summed E-state index contributed by atoms with van der Waals surface area (Å²) in [6.07, 6.45) is 2.96. The van der Waals surface area contributed by atoms with E-state index < -0.39 is 6.04 Å². The summed E-state index contributed by atoms with van der Waals surface area (Å²) in [6, 6.07) is -0.456. The lowest BCUT2D eigenvalue weighted by Gasteiger charge is -2.20. The number of carbonyl (C=O) groups is 2. The molecular formula is C10H21N3O2S. The van der Waals surface area contributed by atoms with Crippen LogP contribution in [0.1, 0.15) is 12.8 Å². The van der Waals surface area contributed by atoms with Crippen LogP contribution in [-0.4, -0.2) is 55.4 Å². The first-order valence-corrected chi connectivity index (χ1v) is 6.62. The maximum Gasteiger partial charge on any atom is 0.239 e. The maximum atomic E-state index is 11.7. The quantitative estimate of drug-likeness (QED) is 0.645. The lowest BCUT2D eigenvalue weighted by atomic mass is 10.2. The summed E-state index contributed by atoms with van der Waals surface area (Å²) in [7, 11) is 3.25. The Balaban J connectivity index is 3.92. The van der Waals surface area contributed by atoms with Crippen molar-refractivity contribution in [3.63, 3.8) is 0 Å². The van der Waals surface area contributed by atoms with Crippen LogP contribution in [-0.2, 0) is 9.59 Å². The van der Waals surface area contributed by atoms with Crippen LogP contribution in [0, 0.1) is 0 Å². The lowest BCUT2D eigenvalue weighted by Crippen LogP contribution is -2.43. The Hall–Kier alpha value is -0.750. The number of thioether (sulfide) groups is 1. The van der Waals surface area contributed by atoms with Crippen LogP contribution in [0.25, 0.3) is 0 Å². The molecule has 0 aromatic heterocycles. The minimum absolute atomic E-state index is 0.0719. The Morgan fingerprint density at radius 3 is 2.62 bits per heavy atom. The molecule has 0 rings (SSSR count). The fourth-order valence-electron chi connectivity index (χ4n) is 1.16. The summed E-state index contributed by atoms with van der Waals surface area (Å²) in [6.45, 7) is 0.408. The van der Waals surface area contributed by atoms with Crippen molar-refractivity contribution in [2.45, 2.75) is 18.9 Å². The highest BCUT2D eigenvalue weighted by molar-refractivity contribution is 7.98. The first-order chi connectivity index (χ1) is 7.52. The number of carbonyl (C=O) groups excluding carboxylic acids is 2. The van der Waals surface area contributed by atoms with Crippen molar-refractivity contribution in [3.8, 4) is 0 Å². The van der Waals surface area contributed by atoms with E-state index in [4.69, 9.17) is 5.73 Å². The van der Waals surface area contributed by atoms with E-state index in [9.17, 15) is 9.59 Å². The van der Waals surface area contributed by atoms with E-state index in [1.54, 1.807) is 25.9 Å². The molecule has 5 nitrogen and oxygen atoms in total. The van der Waals surface area contributed by atoms with Crippen molar-refractivity contribution in [2.75, 3.05) is 32.6 Å². The number of rotatable bonds is 7. The minimum atomic E-state index is -0.456. The third-order valence-electron chi connectivity index (χ3n) is 2.28.